The standard InChI is InChI=1S/C14H17N5O3S.ClH/c1-23(21,22)19-10-4-2-3-9(7-10)16-14(20)13-11-8-15-6-5-12(11)17-18-13;/h2-4,7,15,19H,5-6,8H2,1H3,(H,16,20)(H,17,18);1H. The number of nitrogens with zero attached hydrogens (tertiary/aromatic N) is 1. The number of halogens is 1. The molecular weight excluding hydrogens is 354 g/mol. The maximum absolute atomic E-state index is 12.4. The fourth-order valence-electron chi connectivity index (χ4n) is 2.48. The molecule has 2 aromatic rings. The van der Waals surface area contributed by atoms with Gasteiger partial charge in [-0.1, -0.05) is 6.07 Å². The molecule has 3 rings (SSSR count). The number of fused-ring (bicyclic) bond motifs is 1. The molecule has 0 saturated heterocycles. The van der Waals surface area contributed by atoms with Crippen molar-refractivity contribution in [2.75, 3.05) is 22.8 Å². The van der Waals surface area contributed by atoms with Gasteiger partial charge in [0.05, 0.1) is 11.9 Å². The zero-order valence-corrected chi connectivity index (χ0v) is 14.6. The molecule has 1 aromatic heterocycles. The molecule has 0 saturated carbocycles. The van der Waals surface area contributed by atoms with Crippen LogP contribution in [0.1, 0.15) is 21.7 Å². The number of H-pyrrole nitrogens is 1. The summed E-state index contributed by atoms with van der Waals surface area (Å²) in [5, 5.41) is 12.9. The van der Waals surface area contributed by atoms with E-state index in [0.717, 1.165) is 30.5 Å². The second-order valence-electron chi connectivity index (χ2n) is 5.37. The number of carbonyl (C=O) groups excluding carboxylic acids is 1. The van der Waals surface area contributed by atoms with E-state index in [4.69, 9.17) is 0 Å². The first-order valence-electron chi connectivity index (χ1n) is 7.08. The van der Waals surface area contributed by atoms with E-state index in [-0.39, 0.29) is 18.3 Å². The molecule has 1 aliphatic rings. The van der Waals surface area contributed by atoms with Crippen LogP contribution in [0.5, 0.6) is 0 Å². The quantitative estimate of drug-likeness (QED) is 0.642. The van der Waals surface area contributed by atoms with Crippen LogP contribution in [0.3, 0.4) is 0 Å². The SMILES string of the molecule is CS(=O)(=O)Nc1cccc(NC(=O)c2n[nH]c3c2CNCC3)c1.Cl. The molecule has 24 heavy (non-hydrogen) atoms. The van der Waals surface area contributed by atoms with E-state index in [0.29, 0.717) is 23.6 Å². The van der Waals surface area contributed by atoms with Gasteiger partial charge in [0.15, 0.2) is 5.69 Å². The molecule has 1 amide bonds. The smallest absolute Gasteiger partial charge is 0.276 e. The number of aromatic nitrogens is 2. The van der Waals surface area contributed by atoms with Crippen molar-refractivity contribution in [3.05, 3.63) is 41.2 Å². The van der Waals surface area contributed by atoms with Crippen molar-refractivity contribution in [3.63, 3.8) is 0 Å². The Balaban J connectivity index is 0.00000208. The van der Waals surface area contributed by atoms with Crippen molar-refractivity contribution in [3.8, 4) is 0 Å². The first-order chi connectivity index (χ1) is 10.9. The van der Waals surface area contributed by atoms with Gasteiger partial charge in [-0.2, -0.15) is 5.10 Å². The summed E-state index contributed by atoms with van der Waals surface area (Å²) in [6.07, 6.45) is 1.88. The number of amides is 1. The van der Waals surface area contributed by atoms with E-state index in [2.05, 4.69) is 25.6 Å². The minimum absolute atomic E-state index is 0. The largest absolute Gasteiger partial charge is 0.321 e. The second-order valence-corrected chi connectivity index (χ2v) is 7.11. The van der Waals surface area contributed by atoms with Crippen LogP contribution in [0, 0.1) is 0 Å². The molecule has 0 unspecified atom stereocenters. The normalized spacial score (nSPS) is 13.5. The lowest BCUT2D eigenvalue weighted by atomic mass is 10.1. The monoisotopic (exact) mass is 371 g/mol. The Hall–Kier alpha value is -2.10. The summed E-state index contributed by atoms with van der Waals surface area (Å²) < 4.78 is 24.9. The van der Waals surface area contributed by atoms with Gasteiger partial charge in [0, 0.05) is 36.5 Å². The van der Waals surface area contributed by atoms with Crippen LogP contribution < -0.4 is 15.4 Å². The van der Waals surface area contributed by atoms with Crippen LogP contribution in [0.25, 0.3) is 0 Å². The number of aromatic amines is 1. The number of hydrogen-bond donors (Lipinski definition) is 4. The zero-order chi connectivity index (χ0) is 16.4. The Kier molecular flexibility index (Phi) is 5.47. The molecule has 0 aliphatic carbocycles. The maximum atomic E-state index is 12.4. The van der Waals surface area contributed by atoms with E-state index in [1.807, 2.05) is 0 Å². The topological polar surface area (TPSA) is 116 Å². The van der Waals surface area contributed by atoms with Crippen LogP contribution in [0.15, 0.2) is 24.3 Å². The molecule has 10 heteroatoms. The predicted molar refractivity (Wildman–Crippen MR) is 94.1 cm³/mol. The molecule has 130 valence electrons. The van der Waals surface area contributed by atoms with Gasteiger partial charge in [-0.15, -0.1) is 12.4 Å². The van der Waals surface area contributed by atoms with E-state index >= 15 is 0 Å². The van der Waals surface area contributed by atoms with Gasteiger partial charge < -0.3 is 10.6 Å². The van der Waals surface area contributed by atoms with Crippen molar-refractivity contribution < 1.29 is 13.2 Å². The van der Waals surface area contributed by atoms with Gasteiger partial charge >= 0.3 is 0 Å². The summed E-state index contributed by atoms with van der Waals surface area (Å²) in [5.41, 5.74) is 3.08. The van der Waals surface area contributed by atoms with Gasteiger partial charge in [0.2, 0.25) is 10.0 Å². The summed E-state index contributed by atoms with van der Waals surface area (Å²) in [6.45, 7) is 1.46. The molecule has 8 nitrogen and oxygen atoms in total. The van der Waals surface area contributed by atoms with Crippen LogP contribution in [-0.4, -0.2) is 37.3 Å². The zero-order valence-electron chi connectivity index (χ0n) is 12.9. The molecule has 0 radical (unpaired) electrons. The Morgan fingerprint density at radius 1 is 1.29 bits per heavy atom. The molecular formula is C14H18ClN5O3S. The number of benzene rings is 1. The molecule has 0 atom stereocenters. The third-order valence-electron chi connectivity index (χ3n) is 3.45. The first kappa shape index (κ1) is 18.2. The van der Waals surface area contributed by atoms with Gasteiger partial charge in [0.1, 0.15) is 0 Å². The first-order valence-corrected chi connectivity index (χ1v) is 8.97. The molecule has 1 aromatic carbocycles. The van der Waals surface area contributed by atoms with Crippen molar-refractivity contribution >= 4 is 39.7 Å². The lowest BCUT2D eigenvalue weighted by molar-refractivity contribution is 0.102. The Labute approximate surface area is 145 Å². The number of sulfonamides is 1. The summed E-state index contributed by atoms with van der Waals surface area (Å²) in [4.78, 5) is 12.4. The summed E-state index contributed by atoms with van der Waals surface area (Å²) in [7, 11) is -3.37. The van der Waals surface area contributed by atoms with E-state index in [1.165, 1.54) is 0 Å². The third kappa shape index (κ3) is 4.25. The van der Waals surface area contributed by atoms with Crippen LogP contribution in [0.2, 0.25) is 0 Å². The fourth-order valence-corrected chi connectivity index (χ4v) is 3.03. The lowest BCUT2D eigenvalue weighted by Gasteiger charge is -2.13. The average molecular weight is 372 g/mol. The highest BCUT2D eigenvalue weighted by molar-refractivity contribution is 7.92. The van der Waals surface area contributed by atoms with Crippen molar-refractivity contribution in [2.24, 2.45) is 0 Å². The second kappa shape index (κ2) is 7.20. The maximum Gasteiger partial charge on any atom is 0.276 e. The minimum Gasteiger partial charge on any atom is -0.321 e. The molecule has 2 heterocycles. The lowest BCUT2D eigenvalue weighted by Crippen LogP contribution is -2.25. The van der Waals surface area contributed by atoms with Gasteiger partial charge in [-0.3, -0.25) is 14.6 Å². The molecule has 0 bridgehead atoms. The van der Waals surface area contributed by atoms with Gasteiger partial charge in [0.25, 0.3) is 5.91 Å². The van der Waals surface area contributed by atoms with Crippen LogP contribution in [-0.2, 0) is 23.0 Å². The summed E-state index contributed by atoms with van der Waals surface area (Å²) in [6, 6.07) is 6.50. The molecule has 4 N–H and O–H groups in total. The average Bonchev–Trinajstić information content (AvgIpc) is 2.89. The number of anilines is 2. The highest BCUT2D eigenvalue weighted by atomic mass is 35.5. The highest BCUT2D eigenvalue weighted by Gasteiger charge is 2.21. The van der Waals surface area contributed by atoms with Crippen LogP contribution in [0.4, 0.5) is 11.4 Å². The van der Waals surface area contributed by atoms with Crippen LogP contribution >= 0.6 is 12.4 Å². The number of nitrogens with one attached hydrogen (secondary N) is 4. The summed E-state index contributed by atoms with van der Waals surface area (Å²) >= 11 is 0. The van der Waals surface area contributed by atoms with Gasteiger partial charge in [-0.05, 0) is 18.2 Å². The summed E-state index contributed by atoms with van der Waals surface area (Å²) in [5.74, 6) is -0.331. The van der Waals surface area contributed by atoms with E-state index in [9.17, 15) is 13.2 Å². The Bertz CT molecular complexity index is 850. The Morgan fingerprint density at radius 2 is 2.04 bits per heavy atom. The number of rotatable bonds is 4. The van der Waals surface area contributed by atoms with E-state index < -0.39 is 10.0 Å². The minimum atomic E-state index is -3.37. The van der Waals surface area contributed by atoms with Crippen molar-refractivity contribution in [2.45, 2.75) is 13.0 Å². The van der Waals surface area contributed by atoms with E-state index in [1.54, 1.807) is 24.3 Å². The number of hydrogen-bond acceptors (Lipinski definition) is 5. The third-order valence-corrected chi connectivity index (χ3v) is 4.05. The molecule has 0 fully saturated rings. The van der Waals surface area contributed by atoms with Crippen molar-refractivity contribution in [1.29, 1.82) is 0 Å². The molecule has 0 spiro atoms. The van der Waals surface area contributed by atoms with Crippen molar-refractivity contribution in [1.82, 2.24) is 15.5 Å². The highest BCUT2D eigenvalue weighted by Crippen LogP contribution is 2.19. The predicted octanol–water partition coefficient (Wildman–Crippen LogP) is 1.10. The fraction of sp³-hybridized carbons (Fsp3) is 0.286. The molecule has 1 aliphatic heterocycles. The van der Waals surface area contributed by atoms with Gasteiger partial charge in [-0.25, -0.2) is 8.42 Å². The number of carbonyl (C=O) groups is 1. The Morgan fingerprint density at radius 3 is 2.79 bits per heavy atom.